The van der Waals surface area contributed by atoms with Crippen molar-refractivity contribution < 1.29 is 9.59 Å². The number of likely N-dealkylation sites (tertiary alicyclic amines) is 1. The minimum atomic E-state index is -0.0241. The van der Waals surface area contributed by atoms with Gasteiger partial charge in [-0.2, -0.15) is 5.10 Å². The van der Waals surface area contributed by atoms with Gasteiger partial charge in [0.2, 0.25) is 5.91 Å². The van der Waals surface area contributed by atoms with Gasteiger partial charge in [0.15, 0.2) is 0 Å². The molecule has 0 aromatic carbocycles. The van der Waals surface area contributed by atoms with Crippen molar-refractivity contribution >= 4 is 11.8 Å². The van der Waals surface area contributed by atoms with Gasteiger partial charge < -0.3 is 10.2 Å². The number of nitrogens with zero attached hydrogens (tertiary/aromatic N) is 2. The number of fused-ring (bicyclic) bond motifs is 1. The molecule has 0 bridgehead atoms. The van der Waals surface area contributed by atoms with Gasteiger partial charge in [-0.05, 0) is 25.7 Å². The van der Waals surface area contributed by atoms with E-state index >= 15 is 0 Å². The van der Waals surface area contributed by atoms with Crippen LogP contribution in [-0.4, -0.2) is 46.0 Å². The van der Waals surface area contributed by atoms with E-state index in [1.165, 1.54) is 0 Å². The predicted molar refractivity (Wildman–Crippen MR) is 71.1 cm³/mol. The molecule has 1 aromatic heterocycles. The molecule has 4 rings (SSSR count). The number of aromatic amines is 1. The molecule has 0 spiro atoms. The Morgan fingerprint density at radius 1 is 1.35 bits per heavy atom. The van der Waals surface area contributed by atoms with E-state index in [0.717, 1.165) is 37.9 Å². The molecule has 1 aromatic rings. The average molecular weight is 274 g/mol. The number of aromatic nitrogens is 2. The molecule has 1 saturated carbocycles. The number of carbonyl (C=O) groups is 2. The molecule has 3 aliphatic rings. The third-order valence-electron chi connectivity index (χ3n) is 4.75. The molecule has 20 heavy (non-hydrogen) atoms. The second-order valence-electron chi connectivity index (χ2n) is 6.03. The highest BCUT2D eigenvalue weighted by molar-refractivity contribution is 5.96. The first-order chi connectivity index (χ1) is 9.75. The second kappa shape index (κ2) is 4.33. The minimum absolute atomic E-state index is 0.0192. The lowest BCUT2D eigenvalue weighted by Crippen LogP contribution is -2.48. The fourth-order valence-electron chi connectivity index (χ4n) is 3.51. The molecule has 1 aliphatic carbocycles. The largest absolute Gasteiger partial charge is 0.354 e. The van der Waals surface area contributed by atoms with E-state index in [4.69, 9.17) is 0 Å². The number of rotatable bonds is 2. The van der Waals surface area contributed by atoms with Crippen LogP contribution in [0.1, 0.15) is 47.7 Å². The van der Waals surface area contributed by atoms with Crippen molar-refractivity contribution in [3.63, 3.8) is 0 Å². The Morgan fingerprint density at radius 3 is 3.00 bits per heavy atom. The monoisotopic (exact) mass is 274 g/mol. The topological polar surface area (TPSA) is 78.1 Å². The summed E-state index contributed by atoms with van der Waals surface area (Å²) in [5.74, 6) is 0.582. The van der Waals surface area contributed by atoms with Crippen LogP contribution < -0.4 is 5.32 Å². The molecule has 6 nitrogen and oxygen atoms in total. The van der Waals surface area contributed by atoms with Crippen molar-refractivity contribution in [1.82, 2.24) is 20.4 Å². The van der Waals surface area contributed by atoms with E-state index in [1.807, 2.05) is 4.90 Å². The maximum absolute atomic E-state index is 12.8. The Morgan fingerprint density at radius 2 is 2.20 bits per heavy atom. The Labute approximate surface area is 116 Å². The lowest BCUT2D eigenvalue weighted by molar-refractivity contribution is -0.123. The van der Waals surface area contributed by atoms with Crippen molar-refractivity contribution in [2.75, 3.05) is 13.1 Å². The van der Waals surface area contributed by atoms with Gasteiger partial charge in [0.05, 0.1) is 29.4 Å². The molecule has 2 N–H and O–H groups in total. The lowest BCUT2D eigenvalue weighted by atomic mass is 9.91. The standard InChI is InChI=1S/C14H18N4O2/c19-13-9-2-1-5-18(11(9)7-15-13)14(20)10-6-16-17-12(10)8-3-4-8/h6,8-9,11H,1-5,7H2,(H,15,19)(H,16,17)/t9-,11-/m1/s1. The number of H-pyrrole nitrogens is 1. The van der Waals surface area contributed by atoms with Crippen LogP contribution in [0.3, 0.4) is 0 Å². The second-order valence-corrected chi connectivity index (χ2v) is 6.03. The number of carbonyl (C=O) groups excluding carboxylic acids is 2. The van der Waals surface area contributed by atoms with Crippen molar-refractivity contribution in [2.24, 2.45) is 5.92 Å². The van der Waals surface area contributed by atoms with E-state index in [1.54, 1.807) is 6.20 Å². The zero-order valence-electron chi connectivity index (χ0n) is 11.3. The van der Waals surface area contributed by atoms with Crippen molar-refractivity contribution in [2.45, 2.75) is 37.6 Å². The van der Waals surface area contributed by atoms with Crippen LogP contribution in [-0.2, 0) is 4.79 Å². The third kappa shape index (κ3) is 1.74. The van der Waals surface area contributed by atoms with Crippen LogP contribution in [0.5, 0.6) is 0 Å². The van der Waals surface area contributed by atoms with E-state index in [-0.39, 0.29) is 23.8 Å². The summed E-state index contributed by atoms with van der Waals surface area (Å²) in [7, 11) is 0. The first kappa shape index (κ1) is 11.9. The van der Waals surface area contributed by atoms with Crippen LogP contribution in [0.15, 0.2) is 6.20 Å². The predicted octanol–water partition coefficient (Wildman–Crippen LogP) is 0.638. The molecular weight excluding hydrogens is 256 g/mol. The van der Waals surface area contributed by atoms with E-state index < -0.39 is 0 Å². The molecule has 6 heteroatoms. The fraction of sp³-hybridized carbons (Fsp3) is 0.643. The molecule has 2 aliphatic heterocycles. The summed E-state index contributed by atoms with van der Waals surface area (Å²) < 4.78 is 0. The molecule has 0 radical (unpaired) electrons. The summed E-state index contributed by atoms with van der Waals surface area (Å²) in [5.41, 5.74) is 1.68. The number of piperidine rings is 1. The van der Waals surface area contributed by atoms with Crippen molar-refractivity contribution in [3.05, 3.63) is 17.5 Å². The first-order valence-corrected chi connectivity index (χ1v) is 7.37. The summed E-state index contributed by atoms with van der Waals surface area (Å²) in [5, 5.41) is 9.91. The summed E-state index contributed by atoms with van der Waals surface area (Å²) in [6.45, 7) is 1.33. The summed E-state index contributed by atoms with van der Waals surface area (Å²) in [6, 6.07) is 0.0192. The summed E-state index contributed by atoms with van der Waals surface area (Å²) >= 11 is 0. The Balaban J connectivity index is 1.61. The number of hydrogen-bond donors (Lipinski definition) is 2. The van der Waals surface area contributed by atoms with Crippen LogP contribution in [0, 0.1) is 5.92 Å². The average Bonchev–Trinajstić information content (AvgIpc) is 3.07. The van der Waals surface area contributed by atoms with Gasteiger partial charge in [-0.1, -0.05) is 0 Å². The van der Waals surface area contributed by atoms with Gasteiger partial charge in [0.1, 0.15) is 0 Å². The SMILES string of the molecule is O=C1NC[C@@H]2[C@H]1CCCN2C(=O)c1cn[nH]c1C1CC1. The number of amides is 2. The molecule has 2 amide bonds. The Hall–Kier alpha value is -1.85. The van der Waals surface area contributed by atoms with E-state index in [9.17, 15) is 9.59 Å². The Bertz CT molecular complexity index is 563. The van der Waals surface area contributed by atoms with Crippen molar-refractivity contribution in [1.29, 1.82) is 0 Å². The molecule has 2 saturated heterocycles. The van der Waals surface area contributed by atoms with Gasteiger partial charge in [0, 0.05) is 19.0 Å². The maximum Gasteiger partial charge on any atom is 0.257 e. The van der Waals surface area contributed by atoms with Crippen LogP contribution in [0.2, 0.25) is 0 Å². The summed E-state index contributed by atoms with van der Waals surface area (Å²) in [6.07, 6.45) is 5.70. The van der Waals surface area contributed by atoms with Crippen molar-refractivity contribution in [3.8, 4) is 0 Å². The molecule has 2 atom stereocenters. The van der Waals surface area contributed by atoms with Crippen LogP contribution >= 0.6 is 0 Å². The number of nitrogens with one attached hydrogen (secondary N) is 2. The van der Waals surface area contributed by atoms with Crippen LogP contribution in [0.4, 0.5) is 0 Å². The first-order valence-electron chi connectivity index (χ1n) is 7.37. The van der Waals surface area contributed by atoms with Gasteiger partial charge in [0.25, 0.3) is 5.91 Å². The number of hydrogen-bond acceptors (Lipinski definition) is 3. The zero-order chi connectivity index (χ0) is 13.7. The molecule has 0 unspecified atom stereocenters. The highest BCUT2D eigenvalue weighted by Crippen LogP contribution is 2.41. The molecule has 106 valence electrons. The lowest BCUT2D eigenvalue weighted by Gasteiger charge is -2.35. The maximum atomic E-state index is 12.8. The smallest absolute Gasteiger partial charge is 0.257 e. The quantitative estimate of drug-likeness (QED) is 0.830. The highest BCUT2D eigenvalue weighted by Gasteiger charge is 2.43. The van der Waals surface area contributed by atoms with E-state index in [0.29, 0.717) is 18.0 Å². The summed E-state index contributed by atoms with van der Waals surface area (Å²) in [4.78, 5) is 26.4. The van der Waals surface area contributed by atoms with Crippen LogP contribution in [0.25, 0.3) is 0 Å². The Kier molecular flexibility index (Phi) is 2.58. The van der Waals surface area contributed by atoms with Gasteiger partial charge in [-0.25, -0.2) is 0 Å². The minimum Gasteiger partial charge on any atom is -0.354 e. The van der Waals surface area contributed by atoms with E-state index in [2.05, 4.69) is 15.5 Å². The van der Waals surface area contributed by atoms with Gasteiger partial charge in [-0.3, -0.25) is 14.7 Å². The van der Waals surface area contributed by atoms with Gasteiger partial charge in [-0.15, -0.1) is 0 Å². The molecular formula is C14H18N4O2. The van der Waals surface area contributed by atoms with Gasteiger partial charge >= 0.3 is 0 Å². The zero-order valence-corrected chi connectivity index (χ0v) is 11.3. The highest BCUT2D eigenvalue weighted by atomic mass is 16.2. The normalized spacial score (nSPS) is 29.2. The molecule has 3 fully saturated rings. The third-order valence-corrected chi connectivity index (χ3v) is 4.75. The fourth-order valence-corrected chi connectivity index (χ4v) is 3.51. The molecule has 3 heterocycles.